The van der Waals surface area contributed by atoms with Crippen molar-refractivity contribution in [3.8, 4) is 11.3 Å². The fourth-order valence-electron chi connectivity index (χ4n) is 8.39. The Labute approximate surface area is 361 Å². The second-order valence-electron chi connectivity index (χ2n) is 15.8. The number of aromatic nitrogens is 3. The van der Waals surface area contributed by atoms with Gasteiger partial charge in [0.2, 0.25) is 33.7 Å². The number of benzene rings is 3. The highest BCUT2D eigenvalue weighted by Crippen LogP contribution is 2.40. The average molecular weight is 886 g/mol. The molecule has 0 radical (unpaired) electrons. The molecule has 63 heavy (non-hydrogen) atoms. The minimum absolute atomic E-state index is 0.0214. The van der Waals surface area contributed by atoms with Crippen molar-refractivity contribution in [3.05, 3.63) is 95.8 Å². The second kappa shape index (κ2) is 17.8. The Bertz CT molecular complexity index is 2680. The van der Waals surface area contributed by atoms with E-state index in [1.165, 1.54) is 18.0 Å². The van der Waals surface area contributed by atoms with E-state index < -0.39 is 39.4 Å². The lowest BCUT2D eigenvalue weighted by atomic mass is 10.0. The van der Waals surface area contributed by atoms with E-state index in [4.69, 9.17) is 0 Å². The summed E-state index contributed by atoms with van der Waals surface area (Å²) in [6.45, 7) is 5.85. The summed E-state index contributed by atoms with van der Waals surface area (Å²) < 4.78 is 69.5. The highest BCUT2D eigenvalue weighted by Gasteiger charge is 2.40. The van der Waals surface area contributed by atoms with Gasteiger partial charge in [0, 0.05) is 97.1 Å². The van der Waals surface area contributed by atoms with Crippen molar-refractivity contribution in [1.82, 2.24) is 29.1 Å². The Balaban J connectivity index is 0.803. The van der Waals surface area contributed by atoms with Gasteiger partial charge in [0.15, 0.2) is 0 Å². The summed E-state index contributed by atoms with van der Waals surface area (Å²) in [4.78, 5) is 64.4. The zero-order valence-electron chi connectivity index (χ0n) is 34.5. The van der Waals surface area contributed by atoms with Gasteiger partial charge in [0.05, 0.1) is 17.0 Å². The van der Waals surface area contributed by atoms with Gasteiger partial charge in [0.25, 0.3) is 5.91 Å². The third-order valence-electron chi connectivity index (χ3n) is 11.8. The molecule has 0 aliphatic carbocycles. The minimum atomic E-state index is -4.80. The summed E-state index contributed by atoms with van der Waals surface area (Å²) in [5.74, 6) is -1.59. The molecule has 330 valence electrons. The number of para-hydroxylation sites is 1. The van der Waals surface area contributed by atoms with Crippen molar-refractivity contribution < 1.29 is 40.8 Å². The van der Waals surface area contributed by atoms with E-state index in [2.05, 4.69) is 35.7 Å². The van der Waals surface area contributed by atoms with Gasteiger partial charge in [0.1, 0.15) is 11.6 Å². The third kappa shape index (κ3) is 9.25. The smallest absolute Gasteiger partial charge is 0.369 e. The number of alkyl halides is 3. The molecule has 3 aromatic carbocycles. The van der Waals surface area contributed by atoms with E-state index in [0.29, 0.717) is 46.9 Å². The van der Waals surface area contributed by atoms with Crippen LogP contribution >= 0.6 is 0 Å². The molecule has 2 aromatic heterocycles. The van der Waals surface area contributed by atoms with Gasteiger partial charge in [-0.1, -0.05) is 30.7 Å². The van der Waals surface area contributed by atoms with Crippen molar-refractivity contribution in [3.63, 3.8) is 0 Å². The predicted octanol–water partition coefficient (Wildman–Crippen LogP) is 6.14. The van der Waals surface area contributed by atoms with Gasteiger partial charge < -0.3 is 20.4 Å². The van der Waals surface area contributed by atoms with Crippen molar-refractivity contribution in [2.45, 2.75) is 64.2 Å². The Morgan fingerprint density at radius 1 is 0.921 bits per heavy atom. The summed E-state index contributed by atoms with van der Waals surface area (Å²) in [6.07, 6.45) is 0.357. The van der Waals surface area contributed by atoms with Crippen LogP contribution in [0.15, 0.2) is 79.1 Å². The maximum atomic E-state index is 14.3. The normalized spacial score (nSPS) is 17.3. The second-order valence-corrected chi connectivity index (χ2v) is 17.9. The molecule has 3 aliphatic heterocycles. The Kier molecular flexibility index (Phi) is 12.2. The number of carbonyl (C=O) groups excluding carboxylic acids is 4. The maximum Gasteiger partial charge on any atom is 0.419 e. The van der Waals surface area contributed by atoms with Gasteiger partial charge in [-0.05, 0) is 75.2 Å². The predicted molar refractivity (Wildman–Crippen MR) is 231 cm³/mol. The number of unbranched alkanes of at least 4 members (excludes halogenated alkanes) is 2. The number of hydrogen-bond acceptors (Lipinski definition) is 11. The number of hydrogen-bond donors (Lipinski definition) is 3. The van der Waals surface area contributed by atoms with Crippen LogP contribution in [0.2, 0.25) is 0 Å². The maximum absolute atomic E-state index is 14.3. The molecule has 4 amide bonds. The molecule has 0 saturated carbocycles. The largest absolute Gasteiger partial charge is 0.419 e. The first-order valence-corrected chi connectivity index (χ1v) is 22.5. The monoisotopic (exact) mass is 885 g/mol. The first-order chi connectivity index (χ1) is 30.2. The molecule has 2 saturated heterocycles. The summed E-state index contributed by atoms with van der Waals surface area (Å²) in [5.41, 5.74) is 1.97. The molecule has 0 spiro atoms. The quantitative estimate of drug-likeness (QED) is 0.0862. The minimum Gasteiger partial charge on any atom is -0.369 e. The van der Waals surface area contributed by atoms with Crippen LogP contribution < -0.4 is 20.9 Å². The molecule has 19 heteroatoms. The molecule has 3 N–H and O–H groups in total. The van der Waals surface area contributed by atoms with Crippen molar-refractivity contribution in [2.75, 3.05) is 54.0 Å². The molecular weight excluding hydrogens is 840 g/mol. The summed E-state index contributed by atoms with van der Waals surface area (Å²) >= 11 is 0. The molecule has 0 bridgehead atoms. The van der Waals surface area contributed by atoms with E-state index in [9.17, 15) is 40.8 Å². The lowest BCUT2D eigenvalue weighted by Crippen LogP contribution is -2.52. The van der Waals surface area contributed by atoms with Crippen LogP contribution in [0.25, 0.3) is 22.2 Å². The van der Waals surface area contributed by atoms with Gasteiger partial charge in [-0.2, -0.15) is 13.2 Å². The van der Waals surface area contributed by atoms with Crippen LogP contribution in [0.3, 0.4) is 0 Å². The molecule has 8 rings (SSSR count). The summed E-state index contributed by atoms with van der Waals surface area (Å²) in [7, 11) is -3.82. The number of amides is 4. The molecule has 5 heterocycles. The number of rotatable bonds is 14. The SMILES string of the molecule is CCS(=O)(=O)n1cc(-c2nc(Nc3ccc(N4CCN(CCCCCC(=O)Nc5cccc6c5CN(C5CCC(=O)NC5=O)C6=O)CC4)cc3)ncc2C(F)(F)F)c2ccccc21. The summed E-state index contributed by atoms with van der Waals surface area (Å²) in [6, 6.07) is 18.2. The summed E-state index contributed by atoms with van der Waals surface area (Å²) in [5, 5.41) is 8.57. The third-order valence-corrected chi connectivity index (χ3v) is 13.4. The Morgan fingerprint density at radius 3 is 2.41 bits per heavy atom. The molecule has 1 unspecified atom stereocenters. The van der Waals surface area contributed by atoms with Crippen LogP contribution in [0, 0.1) is 0 Å². The lowest BCUT2D eigenvalue weighted by molar-refractivity contribution is -0.138. The number of nitrogens with one attached hydrogen (secondary N) is 3. The van der Waals surface area contributed by atoms with Crippen LogP contribution in [0.1, 0.15) is 66.9 Å². The van der Waals surface area contributed by atoms with E-state index >= 15 is 0 Å². The highest BCUT2D eigenvalue weighted by atomic mass is 32.2. The van der Waals surface area contributed by atoms with E-state index in [1.54, 1.807) is 54.6 Å². The van der Waals surface area contributed by atoms with Gasteiger partial charge >= 0.3 is 6.18 Å². The number of fused-ring (bicyclic) bond motifs is 2. The highest BCUT2D eigenvalue weighted by molar-refractivity contribution is 7.90. The van der Waals surface area contributed by atoms with Gasteiger partial charge in [-0.25, -0.2) is 22.4 Å². The number of nitrogens with zero attached hydrogens (tertiary/aromatic N) is 6. The fraction of sp³-hybridized carbons (Fsp3) is 0.364. The van der Waals surface area contributed by atoms with Crippen LogP contribution in [-0.4, -0.2) is 100 Å². The first-order valence-electron chi connectivity index (χ1n) is 20.9. The molecular formula is C44H46F3N9O6S. The first kappa shape index (κ1) is 43.3. The molecule has 2 fully saturated rings. The van der Waals surface area contributed by atoms with Crippen molar-refractivity contribution >= 4 is 67.6 Å². The molecule has 15 nitrogen and oxygen atoms in total. The zero-order chi connectivity index (χ0) is 44.5. The number of piperidine rings is 1. The van der Waals surface area contributed by atoms with Crippen LogP contribution in [0.5, 0.6) is 0 Å². The molecule has 5 aromatic rings. The van der Waals surface area contributed by atoms with Gasteiger partial charge in [-0.3, -0.25) is 29.4 Å². The molecule has 3 aliphatic rings. The average Bonchev–Trinajstić information content (AvgIpc) is 3.83. The molecule has 1 atom stereocenters. The van der Waals surface area contributed by atoms with Crippen LogP contribution in [0.4, 0.5) is 36.2 Å². The van der Waals surface area contributed by atoms with E-state index in [-0.39, 0.29) is 59.9 Å². The van der Waals surface area contributed by atoms with E-state index in [0.717, 1.165) is 55.2 Å². The standard InChI is InChI=1S/C44H46F3N9O6S/c1-2-63(61,62)56-27-33(30-9-5-6-12-36(30)56)40-34(44(45,46)47)25-48-43(52-40)49-28-14-16-29(17-15-28)54-23-21-53(22-24-54)20-7-3-4-13-38(57)50-35-11-8-10-31-32(35)26-55(42(31)60)37-18-19-39(58)51-41(37)59/h5-6,8-12,14-17,25,27,37H,2-4,7,13,18-24,26H2,1H3,(H,50,57)(H,48,49,52)(H,51,58,59). The number of halogens is 3. The zero-order valence-corrected chi connectivity index (χ0v) is 35.3. The van der Waals surface area contributed by atoms with Crippen LogP contribution in [-0.2, 0) is 37.1 Å². The van der Waals surface area contributed by atoms with Gasteiger partial charge in [-0.15, -0.1) is 0 Å². The Hall–Kier alpha value is -6.34. The number of imide groups is 1. The number of piperazine rings is 1. The van der Waals surface area contributed by atoms with Crippen molar-refractivity contribution in [2.24, 2.45) is 0 Å². The van der Waals surface area contributed by atoms with E-state index in [1.807, 2.05) is 12.1 Å². The Morgan fingerprint density at radius 2 is 1.68 bits per heavy atom. The number of carbonyl (C=O) groups is 4. The topological polar surface area (TPSA) is 179 Å². The lowest BCUT2D eigenvalue weighted by Gasteiger charge is -2.36. The fourth-order valence-corrected chi connectivity index (χ4v) is 9.39. The number of anilines is 4. The van der Waals surface area contributed by atoms with Crippen molar-refractivity contribution in [1.29, 1.82) is 0 Å².